The van der Waals surface area contributed by atoms with Gasteiger partial charge in [-0.15, -0.1) is 0 Å². The predicted octanol–water partition coefficient (Wildman–Crippen LogP) is 2.68. The zero-order chi connectivity index (χ0) is 18.7. The van der Waals surface area contributed by atoms with Crippen LogP contribution in [0.15, 0.2) is 65.7 Å². The topological polar surface area (TPSA) is 88.2 Å². The van der Waals surface area contributed by atoms with Gasteiger partial charge in [-0.2, -0.15) is 4.72 Å². The lowest BCUT2D eigenvalue weighted by Crippen LogP contribution is -2.41. The number of amides is 1. The Morgan fingerprint density at radius 1 is 1.08 bits per heavy atom. The summed E-state index contributed by atoms with van der Waals surface area (Å²) in [5, 5.41) is 3.49. The highest BCUT2D eigenvalue weighted by atomic mass is 32.2. The van der Waals surface area contributed by atoms with Crippen LogP contribution in [0.2, 0.25) is 0 Å². The third kappa shape index (κ3) is 3.71. The van der Waals surface area contributed by atoms with Gasteiger partial charge in [-0.05, 0) is 31.2 Å². The Labute approximate surface area is 150 Å². The van der Waals surface area contributed by atoms with Crippen LogP contribution < -0.4 is 10.0 Å². The molecule has 0 bridgehead atoms. The van der Waals surface area contributed by atoms with Crippen LogP contribution in [0.25, 0.3) is 10.9 Å². The molecule has 3 rings (SSSR count). The van der Waals surface area contributed by atoms with Gasteiger partial charge < -0.3 is 5.32 Å². The van der Waals surface area contributed by atoms with E-state index in [1.165, 1.54) is 19.1 Å². The minimum atomic E-state index is -4.17. The highest BCUT2D eigenvalue weighted by molar-refractivity contribution is 7.89. The zero-order valence-corrected chi connectivity index (χ0v) is 14.6. The minimum absolute atomic E-state index is 0.463. The molecule has 0 spiro atoms. The largest absolute Gasteiger partial charge is 0.323 e. The van der Waals surface area contributed by atoms with Crippen molar-refractivity contribution in [2.24, 2.45) is 0 Å². The summed E-state index contributed by atoms with van der Waals surface area (Å²) in [5.41, 5.74) is 1.05. The van der Waals surface area contributed by atoms with Crippen LogP contribution in [0.3, 0.4) is 0 Å². The third-order valence-corrected chi connectivity index (χ3v) is 5.32. The lowest BCUT2D eigenvalue weighted by atomic mass is 10.2. The second-order valence-corrected chi connectivity index (χ2v) is 7.33. The van der Waals surface area contributed by atoms with E-state index in [1.807, 2.05) is 12.1 Å². The molecule has 0 saturated heterocycles. The molecule has 0 aliphatic heterocycles. The Hall–Kier alpha value is -2.84. The summed E-state index contributed by atoms with van der Waals surface area (Å²) in [6.45, 7) is 1.38. The maximum absolute atomic E-state index is 13.7. The van der Waals surface area contributed by atoms with E-state index in [1.54, 1.807) is 24.4 Å². The summed E-state index contributed by atoms with van der Waals surface area (Å²) in [4.78, 5) is 16.1. The van der Waals surface area contributed by atoms with E-state index in [0.717, 1.165) is 17.5 Å². The summed E-state index contributed by atoms with van der Waals surface area (Å²) in [7, 11) is -4.17. The van der Waals surface area contributed by atoms with Crippen molar-refractivity contribution >= 4 is 32.5 Å². The maximum atomic E-state index is 13.7. The summed E-state index contributed by atoms with van der Waals surface area (Å²) in [6.07, 6.45) is 1.60. The summed E-state index contributed by atoms with van der Waals surface area (Å²) >= 11 is 0. The number of nitrogens with one attached hydrogen (secondary N) is 2. The lowest BCUT2D eigenvalue weighted by Gasteiger charge is -2.15. The first kappa shape index (κ1) is 18.0. The minimum Gasteiger partial charge on any atom is -0.323 e. The molecule has 6 nitrogen and oxygen atoms in total. The van der Waals surface area contributed by atoms with Gasteiger partial charge >= 0.3 is 0 Å². The van der Waals surface area contributed by atoms with Crippen LogP contribution in [-0.2, 0) is 14.8 Å². The Kier molecular flexibility index (Phi) is 4.97. The van der Waals surface area contributed by atoms with Crippen molar-refractivity contribution in [2.45, 2.75) is 17.9 Å². The second-order valence-electron chi connectivity index (χ2n) is 5.64. The Morgan fingerprint density at radius 2 is 1.81 bits per heavy atom. The molecule has 0 aliphatic carbocycles. The average Bonchev–Trinajstić information content (AvgIpc) is 2.62. The second kappa shape index (κ2) is 7.19. The number of benzene rings is 2. The summed E-state index contributed by atoms with van der Waals surface area (Å²) in [5.74, 6) is -1.46. The van der Waals surface area contributed by atoms with E-state index >= 15 is 0 Å². The van der Waals surface area contributed by atoms with Crippen LogP contribution in [-0.4, -0.2) is 25.4 Å². The van der Waals surface area contributed by atoms with E-state index in [0.29, 0.717) is 11.2 Å². The monoisotopic (exact) mass is 373 g/mol. The zero-order valence-electron chi connectivity index (χ0n) is 13.8. The highest BCUT2D eigenvalue weighted by Crippen LogP contribution is 2.21. The molecule has 2 N–H and O–H groups in total. The van der Waals surface area contributed by atoms with E-state index in [9.17, 15) is 17.6 Å². The first-order chi connectivity index (χ1) is 12.4. The maximum Gasteiger partial charge on any atom is 0.244 e. The van der Waals surface area contributed by atoms with E-state index in [-0.39, 0.29) is 0 Å². The first-order valence-corrected chi connectivity index (χ1v) is 9.28. The van der Waals surface area contributed by atoms with Crippen molar-refractivity contribution in [3.05, 3.63) is 66.6 Å². The number of anilines is 1. The average molecular weight is 373 g/mol. The lowest BCUT2D eigenvalue weighted by molar-refractivity contribution is -0.117. The van der Waals surface area contributed by atoms with E-state index < -0.39 is 32.7 Å². The van der Waals surface area contributed by atoms with E-state index in [2.05, 4.69) is 15.0 Å². The van der Waals surface area contributed by atoms with Crippen molar-refractivity contribution in [3.8, 4) is 0 Å². The molecular formula is C18H16FN3O3S. The molecule has 2 aromatic carbocycles. The molecule has 0 aliphatic rings. The highest BCUT2D eigenvalue weighted by Gasteiger charge is 2.24. The standard InChI is InChI=1S/C18H16FN3O3S/c1-12(22-26(24,25)16-10-3-2-8-14(16)19)18(23)21-15-9-4-6-13-7-5-11-20-17(13)15/h2-12,22H,1H3,(H,21,23). The molecule has 3 aromatic rings. The molecule has 8 heteroatoms. The third-order valence-electron chi connectivity index (χ3n) is 3.74. The molecule has 1 heterocycles. The fourth-order valence-electron chi connectivity index (χ4n) is 2.46. The van der Waals surface area contributed by atoms with Crippen molar-refractivity contribution < 1.29 is 17.6 Å². The van der Waals surface area contributed by atoms with Crippen LogP contribution in [0, 0.1) is 5.82 Å². The molecule has 1 amide bonds. The number of hydrogen-bond acceptors (Lipinski definition) is 4. The molecule has 1 aromatic heterocycles. The van der Waals surface area contributed by atoms with Gasteiger partial charge in [0, 0.05) is 11.6 Å². The van der Waals surface area contributed by atoms with Gasteiger partial charge in [0.15, 0.2) is 0 Å². The molecule has 26 heavy (non-hydrogen) atoms. The van der Waals surface area contributed by atoms with Gasteiger partial charge in [0.05, 0.1) is 17.2 Å². The summed E-state index contributed by atoms with van der Waals surface area (Å²) < 4.78 is 40.5. The predicted molar refractivity (Wildman–Crippen MR) is 96.6 cm³/mol. The van der Waals surface area contributed by atoms with Gasteiger partial charge in [0.25, 0.3) is 0 Å². The van der Waals surface area contributed by atoms with Crippen LogP contribution in [0.1, 0.15) is 6.92 Å². The van der Waals surface area contributed by atoms with Crippen molar-refractivity contribution in [2.75, 3.05) is 5.32 Å². The fraction of sp³-hybridized carbons (Fsp3) is 0.111. The van der Waals surface area contributed by atoms with E-state index in [4.69, 9.17) is 0 Å². The van der Waals surface area contributed by atoms with Crippen LogP contribution in [0.4, 0.5) is 10.1 Å². The SMILES string of the molecule is CC(NS(=O)(=O)c1ccccc1F)C(=O)Nc1cccc2cccnc12. The van der Waals surface area contributed by atoms with Crippen molar-refractivity contribution in [1.29, 1.82) is 0 Å². The molecule has 0 saturated carbocycles. The molecule has 0 fully saturated rings. The quantitative estimate of drug-likeness (QED) is 0.720. The van der Waals surface area contributed by atoms with Crippen LogP contribution >= 0.6 is 0 Å². The van der Waals surface area contributed by atoms with Gasteiger partial charge in [0.2, 0.25) is 15.9 Å². The number of sulfonamides is 1. The molecule has 1 atom stereocenters. The molecule has 1 unspecified atom stereocenters. The Morgan fingerprint density at radius 3 is 2.58 bits per heavy atom. The number of nitrogens with zero attached hydrogens (tertiary/aromatic N) is 1. The van der Waals surface area contributed by atoms with Crippen LogP contribution in [0.5, 0.6) is 0 Å². The van der Waals surface area contributed by atoms with Crippen molar-refractivity contribution in [3.63, 3.8) is 0 Å². The number of carbonyl (C=O) groups is 1. The number of fused-ring (bicyclic) bond motifs is 1. The number of rotatable bonds is 5. The number of para-hydroxylation sites is 1. The molecule has 134 valence electrons. The van der Waals surface area contributed by atoms with Crippen molar-refractivity contribution in [1.82, 2.24) is 9.71 Å². The summed E-state index contributed by atoms with van der Waals surface area (Å²) in [6, 6.07) is 12.8. The number of carbonyl (C=O) groups excluding carboxylic acids is 1. The first-order valence-electron chi connectivity index (χ1n) is 7.80. The molecular weight excluding hydrogens is 357 g/mol. The number of halogens is 1. The van der Waals surface area contributed by atoms with Gasteiger partial charge in [-0.3, -0.25) is 9.78 Å². The van der Waals surface area contributed by atoms with Gasteiger partial charge in [0.1, 0.15) is 10.7 Å². The Balaban J connectivity index is 1.79. The number of aromatic nitrogens is 1. The molecule has 0 radical (unpaired) electrons. The Bertz CT molecular complexity index is 1060. The smallest absolute Gasteiger partial charge is 0.244 e. The number of pyridine rings is 1. The number of hydrogen-bond donors (Lipinski definition) is 2. The van der Waals surface area contributed by atoms with Gasteiger partial charge in [-0.1, -0.05) is 30.3 Å². The fourth-order valence-corrected chi connectivity index (χ4v) is 3.74. The normalized spacial score (nSPS) is 12.7. The van der Waals surface area contributed by atoms with Gasteiger partial charge in [-0.25, -0.2) is 12.8 Å².